The summed E-state index contributed by atoms with van der Waals surface area (Å²) in [7, 11) is -3.60. The van der Waals surface area contributed by atoms with E-state index >= 15 is 0 Å². The maximum Gasteiger partial charge on any atom is 0.335 e. The highest BCUT2D eigenvalue weighted by Crippen LogP contribution is 2.09. The van der Waals surface area contributed by atoms with Crippen LogP contribution in [-0.2, 0) is 15.8 Å². The molecule has 0 aliphatic heterocycles. The van der Waals surface area contributed by atoms with E-state index in [-0.39, 0.29) is 17.9 Å². The Hall–Kier alpha value is -1.44. The van der Waals surface area contributed by atoms with Gasteiger partial charge in [0.1, 0.15) is 0 Å². The van der Waals surface area contributed by atoms with Crippen molar-refractivity contribution in [1.29, 1.82) is 0 Å². The van der Waals surface area contributed by atoms with Gasteiger partial charge < -0.3 is 10.2 Å². The maximum atomic E-state index is 11.8. The smallest absolute Gasteiger partial charge is 0.335 e. The molecule has 0 heterocycles. The van der Waals surface area contributed by atoms with Gasteiger partial charge in [-0.3, -0.25) is 0 Å². The van der Waals surface area contributed by atoms with Crippen molar-refractivity contribution in [2.75, 3.05) is 6.61 Å². The van der Waals surface area contributed by atoms with Gasteiger partial charge in [0, 0.05) is 6.04 Å². The van der Waals surface area contributed by atoms with E-state index in [2.05, 4.69) is 4.72 Å². The van der Waals surface area contributed by atoms with Gasteiger partial charge in [-0.05, 0) is 24.1 Å². The number of aliphatic hydroxyl groups is 1. The van der Waals surface area contributed by atoms with Crippen molar-refractivity contribution >= 4 is 16.0 Å². The molecule has 0 aromatic heterocycles. The van der Waals surface area contributed by atoms with Crippen molar-refractivity contribution in [3.63, 3.8) is 0 Å². The molecular formula is C12H17NO5S. The van der Waals surface area contributed by atoms with Crippen LogP contribution in [0, 0.1) is 0 Å². The molecule has 7 heteroatoms. The summed E-state index contributed by atoms with van der Waals surface area (Å²) >= 11 is 0. The Labute approximate surface area is 112 Å². The Balaban J connectivity index is 2.83. The van der Waals surface area contributed by atoms with E-state index in [0.717, 1.165) is 0 Å². The van der Waals surface area contributed by atoms with Gasteiger partial charge in [0.15, 0.2) is 0 Å². The molecule has 0 saturated carbocycles. The Morgan fingerprint density at radius 3 is 2.63 bits per heavy atom. The minimum Gasteiger partial charge on any atom is -0.478 e. The van der Waals surface area contributed by atoms with E-state index in [4.69, 9.17) is 10.2 Å². The Kier molecular flexibility index (Phi) is 5.46. The highest BCUT2D eigenvalue weighted by atomic mass is 32.2. The molecule has 0 amide bonds. The van der Waals surface area contributed by atoms with Crippen molar-refractivity contribution in [2.24, 2.45) is 0 Å². The van der Waals surface area contributed by atoms with Crippen molar-refractivity contribution in [1.82, 2.24) is 4.72 Å². The van der Waals surface area contributed by atoms with Gasteiger partial charge in [-0.1, -0.05) is 19.1 Å². The summed E-state index contributed by atoms with van der Waals surface area (Å²) in [5, 5.41) is 17.8. The highest BCUT2D eigenvalue weighted by Gasteiger charge is 2.17. The summed E-state index contributed by atoms with van der Waals surface area (Å²) in [4.78, 5) is 10.8. The lowest BCUT2D eigenvalue weighted by Gasteiger charge is -2.14. The van der Waals surface area contributed by atoms with Gasteiger partial charge in [-0.25, -0.2) is 17.9 Å². The molecule has 0 bridgehead atoms. The first-order valence-electron chi connectivity index (χ1n) is 5.81. The van der Waals surface area contributed by atoms with Crippen LogP contribution in [0.25, 0.3) is 0 Å². The lowest BCUT2D eigenvalue weighted by molar-refractivity contribution is 0.0696. The largest absolute Gasteiger partial charge is 0.478 e. The van der Waals surface area contributed by atoms with E-state index in [0.29, 0.717) is 12.0 Å². The Morgan fingerprint density at radius 1 is 1.42 bits per heavy atom. The number of carbonyl (C=O) groups is 1. The third kappa shape index (κ3) is 4.98. The zero-order valence-corrected chi connectivity index (χ0v) is 11.4. The lowest BCUT2D eigenvalue weighted by Crippen LogP contribution is -2.37. The third-order valence-corrected chi connectivity index (χ3v) is 4.00. The molecule has 0 fully saturated rings. The zero-order valence-electron chi connectivity index (χ0n) is 10.5. The van der Waals surface area contributed by atoms with Crippen molar-refractivity contribution in [3.8, 4) is 0 Å². The molecule has 1 aromatic carbocycles. The molecule has 3 N–H and O–H groups in total. The summed E-state index contributed by atoms with van der Waals surface area (Å²) in [5.41, 5.74) is 0.432. The van der Waals surface area contributed by atoms with Gasteiger partial charge in [0.05, 0.1) is 17.9 Å². The number of rotatable bonds is 7. The normalized spacial score (nSPS) is 13.2. The SMILES string of the molecule is CCC(CO)NS(=O)(=O)Cc1cccc(C(=O)O)c1. The maximum absolute atomic E-state index is 11.8. The van der Waals surface area contributed by atoms with Crippen molar-refractivity contribution in [3.05, 3.63) is 35.4 Å². The van der Waals surface area contributed by atoms with Crippen LogP contribution in [0.3, 0.4) is 0 Å². The van der Waals surface area contributed by atoms with Gasteiger partial charge >= 0.3 is 5.97 Å². The zero-order chi connectivity index (χ0) is 14.5. The van der Waals surface area contributed by atoms with Crippen LogP contribution < -0.4 is 4.72 Å². The number of carboxylic acid groups (broad SMARTS) is 1. The number of hydrogen-bond donors (Lipinski definition) is 3. The summed E-state index contributed by atoms with van der Waals surface area (Å²) in [6.45, 7) is 1.49. The van der Waals surface area contributed by atoms with E-state index in [1.807, 2.05) is 0 Å². The number of benzene rings is 1. The predicted octanol–water partition coefficient (Wildman–Crippen LogP) is 0.575. The molecule has 0 aliphatic rings. The molecule has 106 valence electrons. The quantitative estimate of drug-likeness (QED) is 0.680. The molecule has 1 atom stereocenters. The van der Waals surface area contributed by atoms with Crippen molar-refractivity contribution in [2.45, 2.75) is 25.1 Å². The topological polar surface area (TPSA) is 104 Å². The Morgan fingerprint density at radius 2 is 2.11 bits per heavy atom. The highest BCUT2D eigenvalue weighted by molar-refractivity contribution is 7.88. The third-order valence-electron chi connectivity index (χ3n) is 2.59. The molecule has 1 unspecified atom stereocenters. The van der Waals surface area contributed by atoms with Gasteiger partial charge in [-0.15, -0.1) is 0 Å². The van der Waals surface area contributed by atoms with Crippen molar-refractivity contribution < 1.29 is 23.4 Å². The Bertz CT molecular complexity index is 537. The van der Waals surface area contributed by atoms with Crippen LogP contribution in [0.1, 0.15) is 29.3 Å². The first-order chi connectivity index (χ1) is 8.88. The first-order valence-corrected chi connectivity index (χ1v) is 7.46. The van der Waals surface area contributed by atoms with E-state index in [1.54, 1.807) is 13.0 Å². The second-order valence-electron chi connectivity index (χ2n) is 4.17. The van der Waals surface area contributed by atoms with Gasteiger partial charge in [-0.2, -0.15) is 0 Å². The van der Waals surface area contributed by atoms with Crippen LogP contribution in [0.5, 0.6) is 0 Å². The first kappa shape index (κ1) is 15.6. The fourth-order valence-electron chi connectivity index (χ4n) is 1.56. The molecular weight excluding hydrogens is 270 g/mol. The van der Waals surface area contributed by atoms with Crippen LogP contribution in [0.15, 0.2) is 24.3 Å². The minimum atomic E-state index is -3.60. The average Bonchev–Trinajstić information content (AvgIpc) is 2.35. The molecule has 0 saturated heterocycles. The van der Waals surface area contributed by atoms with E-state index < -0.39 is 22.0 Å². The lowest BCUT2D eigenvalue weighted by atomic mass is 10.1. The predicted molar refractivity (Wildman–Crippen MR) is 70.3 cm³/mol. The number of aliphatic hydroxyl groups excluding tert-OH is 1. The number of hydrogen-bond acceptors (Lipinski definition) is 4. The van der Waals surface area contributed by atoms with Gasteiger partial charge in [0.2, 0.25) is 10.0 Å². The standard InChI is InChI=1S/C12H17NO5S/c1-2-11(7-14)13-19(17,18)8-9-4-3-5-10(6-9)12(15)16/h3-6,11,13-14H,2,7-8H2,1H3,(H,15,16). The summed E-state index contributed by atoms with van der Waals surface area (Å²) < 4.78 is 26.0. The number of carboxylic acids is 1. The fourth-order valence-corrected chi connectivity index (χ4v) is 3.01. The fraction of sp³-hybridized carbons (Fsp3) is 0.417. The average molecular weight is 287 g/mol. The number of sulfonamides is 1. The van der Waals surface area contributed by atoms with Crippen LogP contribution in [0.4, 0.5) is 0 Å². The minimum absolute atomic E-state index is 0.0434. The second-order valence-corrected chi connectivity index (χ2v) is 5.92. The molecule has 0 spiro atoms. The summed E-state index contributed by atoms with van der Waals surface area (Å²) in [6.07, 6.45) is 0.477. The number of nitrogens with one attached hydrogen (secondary N) is 1. The summed E-state index contributed by atoms with van der Waals surface area (Å²) in [6, 6.07) is 5.24. The van der Waals surface area contributed by atoms with Gasteiger partial charge in [0.25, 0.3) is 0 Å². The molecule has 0 radical (unpaired) electrons. The monoisotopic (exact) mass is 287 g/mol. The molecule has 19 heavy (non-hydrogen) atoms. The molecule has 1 aromatic rings. The van der Waals surface area contributed by atoms with Crippen LogP contribution >= 0.6 is 0 Å². The summed E-state index contributed by atoms with van der Waals surface area (Å²) in [5.74, 6) is -1.42. The molecule has 1 rings (SSSR count). The second kappa shape index (κ2) is 6.65. The molecule has 6 nitrogen and oxygen atoms in total. The van der Waals surface area contributed by atoms with Crippen LogP contribution in [0.2, 0.25) is 0 Å². The van der Waals surface area contributed by atoms with E-state index in [9.17, 15) is 13.2 Å². The van der Waals surface area contributed by atoms with Crippen LogP contribution in [-0.4, -0.2) is 37.2 Å². The van der Waals surface area contributed by atoms with E-state index in [1.165, 1.54) is 18.2 Å². The molecule has 0 aliphatic carbocycles. The number of aromatic carboxylic acids is 1.